The second kappa shape index (κ2) is 11.0. The van der Waals surface area contributed by atoms with Crippen molar-refractivity contribution >= 4 is 17.3 Å². The van der Waals surface area contributed by atoms with E-state index in [1.165, 1.54) is 18.5 Å². The van der Waals surface area contributed by atoms with Crippen molar-refractivity contribution in [2.24, 2.45) is 0 Å². The van der Waals surface area contributed by atoms with Crippen molar-refractivity contribution in [3.8, 4) is 0 Å². The van der Waals surface area contributed by atoms with Crippen LogP contribution < -0.4 is 10.6 Å². The highest BCUT2D eigenvalue weighted by Crippen LogP contribution is 2.27. The molecule has 1 aromatic heterocycles. The maximum Gasteiger partial charge on any atom is 0.256 e. The summed E-state index contributed by atoms with van der Waals surface area (Å²) in [5.74, 6) is -0.602. The summed E-state index contributed by atoms with van der Waals surface area (Å²) in [6.07, 6.45) is 5.18. The van der Waals surface area contributed by atoms with Crippen LogP contribution in [-0.4, -0.2) is 52.7 Å². The van der Waals surface area contributed by atoms with Gasteiger partial charge in [0.05, 0.1) is 36.2 Å². The summed E-state index contributed by atoms with van der Waals surface area (Å²) in [5.41, 5.74) is 1.04. The minimum absolute atomic E-state index is 0.212. The summed E-state index contributed by atoms with van der Waals surface area (Å²) in [6.45, 7) is 9.79. The molecule has 3 rings (SSSR count). The molecule has 1 saturated heterocycles. The first-order valence-electron chi connectivity index (χ1n) is 10.6. The van der Waals surface area contributed by atoms with Crippen LogP contribution >= 0.6 is 0 Å². The number of aryl methyl sites for hydroxylation is 1. The molecule has 0 saturated carbocycles. The van der Waals surface area contributed by atoms with Crippen LogP contribution in [0.1, 0.15) is 49.5 Å². The van der Waals surface area contributed by atoms with Gasteiger partial charge in [0.15, 0.2) is 0 Å². The van der Waals surface area contributed by atoms with Crippen molar-refractivity contribution in [3.63, 3.8) is 0 Å². The third-order valence-electron chi connectivity index (χ3n) is 4.86. The van der Waals surface area contributed by atoms with Crippen LogP contribution in [0.4, 0.5) is 15.8 Å². The third-order valence-corrected chi connectivity index (χ3v) is 4.86. The average molecular weight is 417 g/mol. The van der Waals surface area contributed by atoms with Crippen molar-refractivity contribution in [2.75, 3.05) is 31.5 Å². The molecule has 164 valence electrons. The minimum atomic E-state index is -0.896. The molecule has 7 heteroatoms. The number of halogens is 1. The molecule has 0 spiro atoms. The van der Waals surface area contributed by atoms with E-state index in [0.717, 1.165) is 24.9 Å². The number of unbranched alkanes of at least 4 members (excludes halogenated alkanes) is 1. The molecule has 2 aromatic rings. The Morgan fingerprint density at radius 2 is 2.00 bits per heavy atom. The maximum absolute atomic E-state index is 14.2. The molecule has 6 nitrogen and oxygen atoms in total. The van der Waals surface area contributed by atoms with E-state index in [-0.39, 0.29) is 24.7 Å². The Kier molecular flexibility index (Phi) is 8.74. The van der Waals surface area contributed by atoms with Crippen LogP contribution in [0.5, 0.6) is 0 Å². The normalized spacial score (nSPS) is 14.4. The number of hydrogen-bond acceptors (Lipinski definition) is 5. The van der Waals surface area contributed by atoms with Crippen molar-refractivity contribution in [3.05, 3.63) is 53.6 Å². The zero-order valence-electron chi connectivity index (χ0n) is 18.3. The second-order valence-electron chi connectivity index (χ2n) is 7.45. The molecule has 0 atom stereocenters. The molecule has 3 N–H and O–H groups in total. The average Bonchev–Trinajstić information content (AvgIpc) is 2.73. The Hall–Kier alpha value is -2.51. The van der Waals surface area contributed by atoms with Gasteiger partial charge in [-0.3, -0.25) is 9.78 Å². The summed E-state index contributed by atoms with van der Waals surface area (Å²) >= 11 is 0. The lowest BCUT2D eigenvalue weighted by atomic mass is 9.93. The third kappa shape index (κ3) is 6.00. The van der Waals surface area contributed by atoms with Crippen LogP contribution in [0, 0.1) is 12.7 Å². The SMILES string of the molecule is CC.CCCCNCC1(O)CN(C(=O)c2ccncc2Nc2ccc(C)cc2F)C1. The van der Waals surface area contributed by atoms with E-state index in [1.807, 2.05) is 20.8 Å². The summed E-state index contributed by atoms with van der Waals surface area (Å²) < 4.78 is 14.2. The van der Waals surface area contributed by atoms with Crippen molar-refractivity contribution in [2.45, 2.75) is 46.1 Å². The molecule has 0 bridgehead atoms. The summed E-state index contributed by atoms with van der Waals surface area (Å²) in [5, 5.41) is 16.7. The van der Waals surface area contributed by atoms with Gasteiger partial charge >= 0.3 is 0 Å². The Bertz CT molecular complexity index is 838. The quantitative estimate of drug-likeness (QED) is 0.570. The molecule has 1 amide bonds. The van der Waals surface area contributed by atoms with Gasteiger partial charge in [0.25, 0.3) is 5.91 Å². The summed E-state index contributed by atoms with van der Waals surface area (Å²) in [4.78, 5) is 18.5. The lowest BCUT2D eigenvalue weighted by Gasteiger charge is -2.46. The Morgan fingerprint density at radius 3 is 2.67 bits per heavy atom. The number of carbonyl (C=O) groups excluding carboxylic acids is 1. The van der Waals surface area contributed by atoms with Gasteiger partial charge in [0.2, 0.25) is 0 Å². The molecule has 1 fully saturated rings. The highest BCUT2D eigenvalue weighted by Gasteiger charge is 2.43. The van der Waals surface area contributed by atoms with Crippen molar-refractivity contribution in [1.82, 2.24) is 15.2 Å². The van der Waals surface area contributed by atoms with Gasteiger partial charge in [0, 0.05) is 12.7 Å². The fourth-order valence-electron chi connectivity index (χ4n) is 3.26. The fraction of sp³-hybridized carbons (Fsp3) is 0.478. The molecule has 0 aliphatic carbocycles. The van der Waals surface area contributed by atoms with E-state index < -0.39 is 11.4 Å². The summed E-state index contributed by atoms with van der Waals surface area (Å²) in [7, 11) is 0. The predicted molar refractivity (Wildman–Crippen MR) is 119 cm³/mol. The first-order chi connectivity index (χ1) is 14.4. The number of hydrogen-bond donors (Lipinski definition) is 3. The molecule has 0 radical (unpaired) electrons. The van der Waals surface area contributed by atoms with Crippen LogP contribution in [0.25, 0.3) is 0 Å². The molecular weight excluding hydrogens is 383 g/mol. The van der Waals surface area contributed by atoms with Gasteiger partial charge in [0.1, 0.15) is 11.4 Å². The van der Waals surface area contributed by atoms with Crippen LogP contribution in [0.15, 0.2) is 36.7 Å². The number of amides is 1. The van der Waals surface area contributed by atoms with Crippen LogP contribution in [-0.2, 0) is 0 Å². The molecule has 1 aliphatic rings. The smallest absolute Gasteiger partial charge is 0.256 e. The van der Waals surface area contributed by atoms with E-state index in [4.69, 9.17) is 0 Å². The number of β-amino-alcohol motifs (C(OH)–C–C–N with tert-alkyl or cyclic N) is 1. The van der Waals surface area contributed by atoms with Gasteiger partial charge < -0.3 is 20.6 Å². The number of anilines is 2. The van der Waals surface area contributed by atoms with Gasteiger partial charge in [-0.05, 0) is 43.7 Å². The number of rotatable bonds is 8. The zero-order valence-corrected chi connectivity index (χ0v) is 18.3. The van der Waals surface area contributed by atoms with Crippen molar-refractivity contribution in [1.29, 1.82) is 0 Å². The predicted octanol–water partition coefficient (Wildman–Crippen LogP) is 3.88. The topological polar surface area (TPSA) is 77.5 Å². The van der Waals surface area contributed by atoms with Gasteiger partial charge in [-0.1, -0.05) is 33.3 Å². The second-order valence-corrected chi connectivity index (χ2v) is 7.45. The zero-order chi connectivity index (χ0) is 22.1. The van der Waals surface area contributed by atoms with Crippen LogP contribution in [0.2, 0.25) is 0 Å². The number of likely N-dealkylation sites (tertiary alicyclic amines) is 1. The van der Waals surface area contributed by atoms with Gasteiger partial charge in [-0.25, -0.2) is 4.39 Å². The summed E-state index contributed by atoms with van der Waals surface area (Å²) in [6, 6.07) is 6.47. The molecule has 0 unspecified atom stereocenters. The van der Waals surface area contributed by atoms with Crippen LogP contribution in [0.3, 0.4) is 0 Å². The largest absolute Gasteiger partial charge is 0.385 e. The fourth-order valence-corrected chi connectivity index (χ4v) is 3.26. The number of aliphatic hydroxyl groups is 1. The number of aromatic nitrogens is 1. The molecule has 30 heavy (non-hydrogen) atoms. The molecule has 1 aliphatic heterocycles. The first-order valence-corrected chi connectivity index (χ1v) is 10.6. The number of nitrogens with zero attached hydrogens (tertiary/aromatic N) is 2. The highest BCUT2D eigenvalue weighted by molar-refractivity contribution is 6.00. The highest BCUT2D eigenvalue weighted by atomic mass is 19.1. The molecule has 1 aromatic carbocycles. The van der Waals surface area contributed by atoms with Crippen molar-refractivity contribution < 1.29 is 14.3 Å². The Balaban J connectivity index is 0.00000155. The van der Waals surface area contributed by atoms with E-state index in [2.05, 4.69) is 22.5 Å². The van der Waals surface area contributed by atoms with Gasteiger partial charge in [-0.15, -0.1) is 0 Å². The van der Waals surface area contributed by atoms with E-state index in [0.29, 0.717) is 17.8 Å². The molecule has 2 heterocycles. The van der Waals surface area contributed by atoms with Gasteiger partial charge in [-0.2, -0.15) is 0 Å². The number of carbonyl (C=O) groups is 1. The lowest BCUT2D eigenvalue weighted by molar-refractivity contribution is -0.0784. The molecular formula is C23H33FN4O2. The first kappa shape index (κ1) is 23.8. The maximum atomic E-state index is 14.2. The lowest BCUT2D eigenvalue weighted by Crippen LogP contribution is -2.67. The standard InChI is InChI=1S/C21H27FN4O2.C2H6/c1-3-4-8-24-12-21(28)13-26(14-21)20(27)16-7-9-23-11-19(16)25-18-6-5-15(2)10-17(18)22;1-2/h5-7,9-11,24-25,28H,3-4,8,12-14H2,1-2H3;1-2H3. The number of pyridine rings is 1. The number of nitrogens with one attached hydrogen (secondary N) is 2. The Morgan fingerprint density at radius 1 is 1.27 bits per heavy atom. The van der Waals surface area contributed by atoms with E-state index in [9.17, 15) is 14.3 Å². The monoisotopic (exact) mass is 416 g/mol. The number of benzene rings is 1. The van der Waals surface area contributed by atoms with E-state index >= 15 is 0 Å². The minimum Gasteiger partial charge on any atom is -0.385 e. The van der Waals surface area contributed by atoms with E-state index in [1.54, 1.807) is 23.1 Å². The Labute approximate surface area is 178 Å².